The molecule has 55 heavy (non-hydrogen) atoms. The molecule has 2 fully saturated rings. The van der Waals surface area contributed by atoms with E-state index in [9.17, 15) is 39.3 Å². The number of benzene rings is 1. The molecule has 14 heteroatoms. The number of ether oxygens (including phenoxy) is 6. The van der Waals surface area contributed by atoms with E-state index in [0.29, 0.717) is 24.3 Å². The predicted octanol–water partition coefficient (Wildman–Crippen LogP) is 4.48. The van der Waals surface area contributed by atoms with Crippen LogP contribution in [0.5, 0.6) is 0 Å². The summed E-state index contributed by atoms with van der Waals surface area (Å²) >= 11 is 0. The Kier molecular flexibility index (Phi) is 15.8. The van der Waals surface area contributed by atoms with Crippen LogP contribution in [0.2, 0.25) is 0 Å². The summed E-state index contributed by atoms with van der Waals surface area (Å²) in [7, 11) is 0.836. The van der Waals surface area contributed by atoms with Crippen LogP contribution < -0.4 is 0 Å². The Morgan fingerprint density at radius 2 is 1.71 bits per heavy atom. The van der Waals surface area contributed by atoms with Gasteiger partial charge in [0.1, 0.15) is 12.2 Å². The third-order valence-electron chi connectivity index (χ3n) is 10.4. The van der Waals surface area contributed by atoms with Gasteiger partial charge in [-0.25, -0.2) is 19.2 Å². The number of carbonyl (C=O) groups is 5. The van der Waals surface area contributed by atoms with Crippen molar-refractivity contribution < 1.29 is 67.7 Å². The fourth-order valence-electron chi connectivity index (χ4n) is 7.19. The summed E-state index contributed by atoms with van der Waals surface area (Å²) in [6.07, 6.45) is -3.41. The number of fused-ring (bicyclic) bond motifs is 2. The van der Waals surface area contributed by atoms with Crippen molar-refractivity contribution in [2.75, 3.05) is 13.7 Å². The van der Waals surface area contributed by atoms with E-state index in [-0.39, 0.29) is 30.8 Å². The highest BCUT2D eigenvalue weighted by Crippen LogP contribution is 2.56. The van der Waals surface area contributed by atoms with Crippen LogP contribution in [0.1, 0.15) is 86.1 Å². The largest absolute Gasteiger partial charge is 0.479 e. The molecule has 3 N–H and O–H groups in total. The minimum absolute atomic E-state index is 0.0721. The SMILES string of the molecule is C=C(CCC12OC(C(=O)OCCC(C)C)C(O)(C(=O)OC)C(C(=O)O)(O1)C(OC(=O)/C=C/C(C)CC(C)CC)C2O)C(OC(C)=O)C(C)Cc1ccccc1. The molecule has 2 aliphatic heterocycles. The third-order valence-corrected chi connectivity index (χ3v) is 10.4. The number of carboxylic acid groups (broad SMARTS) is 1. The van der Waals surface area contributed by atoms with Crippen molar-refractivity contribution in [1.29, 1.82) is 0 Å². The Morgan fingerprint density at radius 1 is 1.05 bits per heavy atom. The van der Waals surface area contributed by atoms with E-state index in [1.807, 2.05) is 65.0 Å². The quantitative estimate of drug-likeness (QED) is 0.0725. The van der Waals surface area contributed by atoms with Crippen LogP contribution in [0.25, 0.3) is 0 Å². The van der Waals surface area contributed by atoms with Crippen molar-refractivity contribution in [2.45, 2.75) is 128 Å². The van der Waals surface area contributed by atoms with Crippen LogP contribution in [0, 0.1) is 23.7 Å². The lowest BCUT2D eigenvalue weighted by molar-refractivity contribution is -0.374. The van der Waals surface area contributed by atoms with Crippen molar-refractivity contribution in [1.82, 2.24) is 0 Å². The van der Waals surface area contributed by atoms with E-state index in [4.69, 9.17) is 28.4 Å². The molecule has 14 nitrogen and oxygen atoms in total. The molecule has 0 aliphatic carbocycles. The highest BCUT2D eigenvalue weighted by molar-refractivity contribution is 5.99. The van der Waals surface area contributed by atoms with Crippen molar-refractivity contribution in [2.24, 2.45) is 23.7 Å². The summed E-state index contributed by atoms with van der Waals surface area (Å²) in [5.74, 6) is -9.32. The van der Waals surface area contributed by atoms with Crippen molar-refractivity contribution in [3.05, 3.63) is 60.2 Å². The maximum atomic E-state index is 13.8. The van der Waals surface area contributed by atoms with Gasteiger partial charge in [-0.1, -0.05) is 91.0 Å². The van der Waals surface area contributed by atoms with Crippen LogP contribution in [-0.4, -0.2) is 100 Å². The minimum atomic E-state index is -3.55. The van der Waals surface area contributed by atoms with E-state index in [1.54, 1.807) is 6.08 Å². The first-order valence-corrected chi connectivity index (χ1v) is 18.8. The molecular weight excluding hydrogens is 716 g/mol. The van der Waals surface area contributed by atoms with Gasteiger partial charge in [0.15, 0.2) is 6.10 Å². The summed E-state index contributed by atoms with van der Waals surface area (Å²) in [5, 5.41) is 35.1. The number of rotatable bonds is 20. The molecule has 10 atom stereocenters. The zero-order valence-corrected chi connectivity index (χ0v) is 33.1. The zero-order valence-electron chi connectivity index (χ0n) is 33.1. The number of carboxylic acids is 1. The molecule has 3 rings (SSSR count). The molecule has 0 aromatic heterocycles. The molecule has 1 aromatic carbocycles. The normalized spacial score (nSPS) is 28.2. The van der Waals surface area contributed by atoms with Gasteiger partial charge in [-0.3, -0.25) is 4.79 Å². The number of hydrogen-bond acceptors (Lipinski definition) is 13. The number of aliphatic hydroxyl groups excluding tert-OH is 1. The summed E-state index contributed by atoms with van der Waals surface area (Å²) in [5.41, 5.74) is -5.63. The van der Waals surface area contributed by atoms with Crippen molar-refractivity contribution in [3.8, 4) is 0 Å². The highest BCUT2D eigenvalue weighted by Gasteiger charge is 2.86. The van der Waals surface area contributed by atoms with E-state index in [0.717, 1.165) is 31.6 Å². The third kappa shape index (κ3) is 10.0. The second-order valence-electron chi connectivity index (χ2n) is 15.3. The molecule has 2 heterocycles. The number of methoxy groups -OCH3 is 1. The predicted molar refractivity (Wildman–Crippen MR) is 198 cm³/mol. The number of carbonyl (C=O) groups excluding carboxylic acids is 4. The van der Waals surface area contributed by atoms with Crippen LogP contribution in [0.3, 0.4) is 0 Å². The van der Waals surface area contributed by atoms with Crippen molar-refractivity contribution >= 4 is 29.8 Å². The molecule has 306 valence electrons. The van der Waals surface area contributed by atoms with Gasteiger partial charge in [-0.2, -0.15) is 0 Å². The highest BCUT2D eigenvalue weighted by atomic mass is 16.8. The molecular formula is C41H58O14. The number of hydrogen-bond donors (Lipinski definition) is 3. The van der Waals surface area contributed by atoms with Gasteiger partial charge in [-0.05, 0) is 54.6 Å². The Labute approximate surface area is 323 Å². The smallest absolute Gasteiger partial charge is 0.345 e. The summed E-state index contributed by atoms with van der Waals surface area (Å²) < 4.78 is 33.5. The summed E-state index contributed by atoms with van der Waals surface area (Å²) in [4.78, 5) is 66.4. The molecule has 0 spiro atoms. The Balaban J connectivity index is 2.11. The lowest BCUT2D eigenvalue weighted by Crippen LogP contribution is -2.78. The van der Waals surface area contributed by atoms with Crippen LogP contribution >= 0.6 is 0 Å². The zero-order chi connectivity index (χ0) is 41.3. The molecule has 2 bridgehead atoms. The maximum Gasteiger partial charge on any atom is 0.345 e. The molecule has 10 unspecified atom stereocenters. The Morgan fingerprint density at radius 3 is 2.27 bits per heavy atom. The first-order chi connectivity index (χ1) is 25.8. The van der Waals surface area contributed by atoms with Crippen LogP contribution in [0.15, 0.2) is 54.6 Å². The summed E-state index contributed by atoms with van der Waals surface area (Å²) in [6, 6.07) is 9.44. The standard InChI is InChI=1S/C41H58O14/c1-10-25(4)22-26(5)16-17-31(43)53-34-33(44)39(20-18-27(6)32(52-29(8)42)28(7)23-30-14-12-11-13-15-30)54-35(36(45)51-21-19-24(2)3)40(49,38(48)50-9)41(34,55-39)37(46)47/h11-17,24-26,28,32-35,44,49H,6,10,18-23H2,1-5,7-9H3,(H,46,47)/b17-16+. The van der Waals surface area contributed by atoms with Gasteiger partial charge in [0.25, 0.3) is 0 Å². The average molecular weight is 775 g/mol. The van der Waals surface area contributed by atoms with E-state index < -0.39 is 77.7 Å². The maximum absolute atomic E-state index is 13.8. The molecule has 0 saturated carbocycles. The summed E-state index contributed by atoms with van der Waals surface area (Å²) in [6.45, 7) is 16.7. The molecule has 0 radical (unpaired) electrons. The molecule has 2 aliphatic rings. The van der Waals surface area contributed by atoms with E-state index >= 15 is 0 Å². The first kappa shape index (κ1) is 45.3. The van der Waals surface area contributed by atoms with Crippen LogP contribution in [0.4, 0.5) is 0 Å². The Bertz CT molecular complexity index is 1560. The Hall–Kier alpha value is -4.11. The van der Waals surface area contributed by atoms with Gasteiger partial charge >= 0.3 is 29.8 Å². The second kappa shape index (κ2) is 19.2. The van der Waals surface area contributed by atoms with E-state index in [1.165, 1.54) is 6.92 Å². The second-order valence-corrected chi connectivity index (χ2v) is 15.3. The molecule has 2 saturated heterocycles. The van der Waals surface area contributed by atoms with Gasteiger partial charge < -0.3 is 43.7 Å². The molecule has 1 aromatic rings. The molecule has 0 amide bonds. The monoisotopic (exact) mass is 774 g/mol. The number of esters is 4. The lowest BCUT2D eigenvalue weighted by atomic mass is 9.74. The number of allylic oxidation sites excluding steroid dienone is 1. The van der Waals surface area contributed by atoms with E-state index in [2.05, 4.69) is 13.5 Å². The van der Waals surface area contributed by atoms with Gasteiger partial charge in [0.05, 0.1) is 13.7 Å². The van der Waals surface area contributed by atoms with Crippen molar-refractivity contribution in [3.63, 3.8) is 0 Å². The van der Waals surface area contributed by atoms with Gasteiger partial charge in [-0.15, -0.1) is 0 Å². The minimum Gasteiger partial charge on any atom is -0.479 e. The number of aliphatic carboxylic acids is 1. The van der Waals surface area contributed by atoms with Crippen LogP contribution in [-0.2, 0) is 58.8 Å². The topological polar surface area (TPSA) is 201 Å². The fraction of sp³-hybridized carbons (Fsp3) is 0.634. The first-order valence-electron chi connectivity index (χ1n) is 18.8. The lowest BCUT2D eigenvalue weighted by Gasteiger charge is -2.49. The van der Waals surface area contributed by atoms with Gasteiger partial charge in [0, 0.05) is 25.3 Å². The number of aliphatic hydroxyl groups is 2. The van der Waals surface area contributed by atoms with Gasteiger partial charge in [0.2, 0.25) is 23.1 Å². The fourth-order valence-corrected chi connectivity index (χ4v) is 7.19. The average Bonchev–Trinajstić information content (AvgIpc) is 3.35.